The molecule has 0 spiro atoms. The third-order valence-electron chi connectivity index (χ3n) is 2.59. The molecule has 1 N–H and O–H groups in total. The Morgan fingerprint density at radius 3 is 2.44 bits per heavy atom. The molecule has 0 radical (unpaired) electrons. The molecule has 1 aliphatic rings. The van der Waals surface area contributed by atoms with Gasteiger partial charge in [0, 0.05) is 6.07 Å². The maximum Gasteiger partial charge on any atom is 0.235 e. The van der Waals surface area contributed by atoms with E-state index in [4.69, 9.17) is 0 Å². The number of aromatic hydroxyl groups is 1. The van der Waals surface area contributed by atoms with Gasteiger partial charge in [-0.3, -0.25) is 0 Å². The summed E-state index contributed by atoms with van der Waals surface area (Å²) in [4.78, 5) is 13.4. The van der Waals surface area contributed by atoms with Crippen LogP contribution < -0.4 is 0 Å². The van der Waals surface area contributed by atoms with Crippen molar-refractivity contribution in [1.29, 1.82) is 0 Å². The topological polar surface area (TPSA) is 49.7 Å². The number of hydrogen-bond donors (Lipinski definition) is 1. The number of hydrogen-bond acceptors (Lipinski definition) is 3. The van der Waals surface area contributed by atoms with E-state index < -0.39 is 34.3 Å². The van der Waals surface area contributed by atoms with Crippen LogP contribution in [0.1, 0.15) is 18.4 Å². The maximum atomic E-state index is 13.4. The number of phenols is 1. The Bertz CT molecular complexity index is 479. The van der Waals surface area contributed by atoms with Gasteiger partial charge in [-0.05, 0) is 12.8 Å². The van der Waals surface area contributed by atoms with Crippen LogP contribution in [0.5, 0.6) is 5.75 Å². The first-order valence-electron chi connectivity index (χ1n) is 4.48. The van der Waals surface area contributed by atoms with Gasteiger partial charge in [0.2, 0.25) is 6.08 Å². The van der Waals surface area contributed by atoms with Crippen molar-refractivity contribution < 1.29 is 23.1 Å². The molecule has 0 amide bonds. The minimum absolute atomic E-state index is 0.245. The van der Waals surface area contributed by atoms with Crippen molar-refractivity contribution in [3.63, 3.8) is 0 Å². The van der Waals surface area contributed by atoms with Gasteiger partial charge in [-0.15, -0.1) is 0 Å². The zero-order valence-electron chi connectivity index (χ0n) is 7.93. The Balaban J connectivity index is 2.69. The first kappa shape index (κ1) is 10.7. The van der Waals surface area contributed by atoms with Crippen LogP contribution in [0.2, 0.25) is 0 Å². The third kappa shape index (κ3) is 1.39. The van der Waals surface area contributed by atoms with Crippen molar-refractivity contribution in [2.45, 2.75) is 18.4 Å². The van der Waals surface area contributed by atoms with Crippen molar-refractivity contribution in [2.75, 3.05) is 0 Å². The average Bonchev–Trinajstić information content (AvgIpc) is 2.97. The summed E-state index contributed by atoms with van der Waals surface area (Å²) in [6, 6.07) is 0.245. The Morgan fingerprint density at radius 1 is 1.31 bits per heavy atom. The highest BCUT2D eigenvalue weighted by Gasteiger charge is 2.50. The van der Waals surface area contributed by atoms with Gasteiger partial charge in [0.25, 0.3) is 0 Å². The van der Waals surface area contributed by atoms with E-state index in [2.05, 4.69) is 4.99 Å². The summed E-state index contributed by atoms with van der Waals surface area (Å²) in [5.41, 5.74) is -1.95. The smallest absolute Gasteiger partial charge is 0.235 e. The zero-order chi connectivity index (χ0) is 11.9. The van der Waals surface area contributed by atoms with Crippen LogP contribution in [0.3, 0.4) is 0 Å². The van der Waals surface area contributed by atoms with Crippen molar-refractivity contribution in [1.82, 2.24) is 0 Å². The van der Waals surface area contributed by atoms with Crippen LogP contribution in [-0.4, -0.2) is 11.2 Å². The quantitative estimate of drug-likeness (QED) is 0.479. The van der Waals surface area contributed by atoms with Crippen molar-refractivity contribution in [2.24, 2.45) is 4.99 Å². The minimum Gasteiger partial charge on any atom is -0.504 e. The second-order valence-electron chi connectivity index (χ2n) is 3.61. The Hall–Kier alpha value is -1.81. The monoisotopic (exact) mass is 229 g/mol. The number of benzene rings is 1. The normalized spacial score (nSPS) is 16.7. The molecule has 1 aromatic carbocycles. The Kier molecular flexibility index (Phi) is 2.24. The van der Waals surface area contributed by atoms with Gasteiger partial charge in [-0.25, -0.2) is 18.0 Å². The van der Waals surface area contributed by atoms with Crippen LogP contribution >= 0.6 is 0 Å². The number of nitrogens with zero attached hydrogens (tertiary/aromatic N) is 1. The number of isocyanates is 1. The van der Waals surface area contributed by atoms with Crippen molar-refractivity contribution >= 4 is 6.08 Å². The fraction of sp³-hybridized carbons (Fsp3) is 0.300. The number of aliphatic imine (C=N–C) groups is 1. The molecule has 16 heavy (non-hydrogen) atoms. The fourth-order valence-electron chi connectivity index (χ4n) is 1.63. The molecular weight excluding hydrogens is 223 g/mol. The highest BCUT2D eigenvalue weighted by atomic mass is 19.2. The molecule has 1 saturated carbocycles. The molecule has 0 aromatic heterocycles. The van der Waals surface area contributed by atoms with E-state index in [1.54, 1.807) is 0 Å². The average molecular weight is 229 g/mol. The highest BCUT2D eigenvalue weighted by molar-refractivity contribution is 5.48. The van der Waals surface area contributed by atoms with Gasteiger partial charge in [0.1, 0.15) is 5.54 Å². The molecule has 0 aliphatic heterocycles. The molecule has 0 saturated heterocycles. The largest absolute Gasteiger partial charge is 0.504 e. The van der Waals surface area contributed by atoms with E-state index >= 15 is 0 Å². The molecule has 3 nitrogen and oxygen atoms in total. The van der Waals surface area contributed by atoms with Gasteiger partial charge >= 0.3 is 0 Å². The highest BCUT2D eigenvalue weighted by Crippen LogP contribution is 2.53. The van der Waals surface area contributed by atoms with Crippen LogP contribution in [0.4, 0.5) is 13.2 Å². The zero-order valence-corrected chi connectivity index (χ0v) is 7.93. The molecule has 1 aliphatic carbocycles. The lowest BCUT2D eigenvalue weighted by atomic mass is 10.0. The maximum absolute atomic E-state index is 13.4. The van der Waals surface area contributed by atoms with E-state index in [9.17, 15) is 23.1 Å². The minimum atomic E-state index is -1.42. The third-order valence-corrected chi connectivity index (χ3v) is 2.59. The lowest BCUT2D eigenvalue weighted by molar-refractivity contribution is 0.392. The lowest BCUT2D eigenvalue weighted by Crippen LogP contribution is -2.09. The van der Waals surface area contributed by atoms with E-state index in [0.29, 0.717) is 0 Å². The number of phenolic OH excluding ortho intramolecular Hbond substituents is 1. The standard InChI is InChI=1S/C10H6F3NO2/c11-5-3-6(12)9(16)7(8(5)13)10(1-2-10)14-4-15/h3,16H,1-2H2. The second-order valence-corrected chi connectivity index (χ2v) is 3.61. The molecular formula is C10H6F3NO2. The van der Waals surface area contributed by atoms with E-state index in [1.807, 2.05) is 0 Å². The first-order chi connectivity index (χ1) is 7.52. The van der Waals surface area contributed by atoms with Gasteiger partial charge in [0.15, 0.2) is 23.2 Å². The SMILES string of the molecule is O=C=NC1(c2c(O)c(F)cc(F)c2F)CC1. The lowest BCUT2D eigenvalue weighted by Gasteiger charge is -2.12. The van der Waals surface area contributed by atoms with Crippen LogP contribution in [-0.2, 0) is 10.3 Å². The van der Waals surface area contributed by atoms with Gasteiger partial charge < -0.3 is 5.11 Å². The van der Waals surface area contributed by atoms with E-state index in [-0.39, 0.29) is 18.9 Å². The number of halogens is 3. The predicted octanol–water partition coefficient (Wildman–Crippen LogP) is 2.13. The van der Waals surface area contributed by atoms with Gasteiger partial charge in [-0.2, -0.15) is 4.99 Å². The van der Waals surface area contributed by atoms with Crippen molar-refractivity contribution in [3.8, 4) is 5.75 Å². The van der Waals surface area contributed by atoms with Crippen molar-refractivity contribution in [3.05, 3.63) is 29.1 Å². The first-order valence-corrected chi connectivity index (χ1v) is 4.48. The van der Waals surface area contributed by atoms with Crippen LogP contribution in [0, 0.1) is 17.5 Å². The summed E-state index contributed by atoms with van der Waals surface area (Å²) in [7, 11) is 0. The van der Waals surface area contributed by atoms with Gasteiger partial charge in [-0.1, -0.05) is 0 Å². The molecule has 1 fully saturated rings. The fourth-order valence-corrected chi connectivity index (χ4v) is 1.63. The molecule has 84 valence electrons. The van der Waals surface area contributed by atoms with Crippen LogP contribution in [0.15, 0.2) is 11.1 Å². The second kappa shape index (κ2) is 3.35. The summed E-state index contributed by atoms with van der Waals surface area (Å²) in [6.07, 6.45) is 1.71. The number of carbonyl (C=O) groups excluding carboxylic acids is 1. The molecule has 1 aromatic rings. The summed E-state index contributed by atoms with van der Waals surface area (Å²) in [5.74, 6) is -5.08. The summed E-state index contributed by atoms with van der Waals surface area (Å²) in [6.45, 7) is 0. The molecule has 2 rings (SSSR count). The Labute approximate surface area is 88.2 Å². The molecule has 0 atom stereocenters. The molecule has 0 unspecified atom stereocenters. The summed E-state index contributed by atoms with van der Waals surface area (Å²) < 4.78 is 39.4. The molecule has 0 bridgehead atoms. The van der Waals surface area contributed by atoms with Gasteiger partial charge in [0.05, 0.1) is 5.56 Å². The van der Waals surface area contributed by atoms with Crippen LogP contribution in [0.25, 0.3) is 0 Å². The Morgan fingerprint density at radius 2 is 1.94 bits per heavy atom. The molecule has 6 heteroatoms. The summed E-state index contributed by atoms with van der Waals surface area (Å²) >= 11 is 0. The number of rotatable bonds is 2. The van der Waals surface area contributed by atoms with E-state index in [1.165, 1.54) is 6.08 Å². The predicted molar refractivity (Wildman–Crippen MR) is 47.0 cm³/mol. The molecule has 0 heterocycles. The summed E-state index contributed by atoms with van der Waals surface area (Å²) in [5, 5.41) is 9.33. The van der Waals surface area contributed by atoms with E-state index in [0.717, 1.165) is 0 Å².